The molecular formula is C23H45N3. The molecule has 3 rings (SSSR count). The summed E-state index contributed by atoms with van der Waals surface area (Å²) >= 11 is 0. The van der Waals surface area contributed by atoms with Crippen LogP contribution in [0.4, 0.5) is 0 Å². The van der Waals surface area contributed by atoms with Gasteiger partial charge in [-0.25, -0.2) is 0 Å². The van der Waals surface area contributed by atoms with E-state index in [0.29, 0.717) is 5.54 Å². The Bertz CT molecular complexity index is 404. The second kappa shape index (κ2) is 8.92. The summed E-state index contributed by atoms with van der Waals surface area (Å²) in [6.45, 7) is 21.2. The van der Waals surface area contributed by atoms with Gasteiger partial charge in [-0.05, 0) is 130 Å². The van der Waals surface area contributed by atoms with Gasteiger partial charge < -0.3 is 9.80 Å². The summed E-state index contributed by atoms with van der Waals surface area (Å²) in [5.41, 5.74) is 0.356. The van der Waals surface area contributed by atoms with Gasteiger partial charge >= 0.3 is 0 Å². The van der Waals surface area contributed by atoms with Crippen LogP contribution in [-0.4, -0.2) is 72.1 Å². The van der Waals surface area contributed by atoms with E-state index in [4.69, 9.17) is 0 Å². The third-order valence-electron chi connectivity index (χ3n) is 7.68. The SMILES string of the molecule is CC(C)N1CCC(C2CCN(CC3CCN(C(C)(C)C)CC3)CC2)CC1. The molecule has 0 aromatic carbocycles. The van der Waals surface area contributed by atoms with Crippen LogP contribution in [0.3, 0.4) is 0 Å². The zero-order chi connectivity index (χ0) is 18.7. The second-order valence-corrected chi connectivity index (χ2v) is 10.7. The smallest absolute Gasteiger partial charge is 0.0125 e. The Morgan fingerprint density at radius 2 is 1.23 bits per heavy atom. The fraction of sp³-hybridized carbons (Fsp3) is 1.00. The second-order valence-electron chi connectivity index (χ2n) is 10.7. The first-order valence-electron chi connectivity index (χ1n) is 11.5. The Hall–Kier alpha value is -0.120. The van der Waals surface area contributed by atoms with E-state index in [2.05, 4.69) is 49.3 Å². The molecule has 0 aliphatic carbocycles. The topological polar surface area (TPSA) is 9.72 Å². The highest BCUT2D eigenvalue weighted by molar-refractivity contribution is 4.86. The molecule has 0 atom stereocenters. The Labute approximate surface area is 163 Å². The molecule has 3 nitrogen and oxygen atoms in total. The normalized spacial score (nSPS) is 27.5. The first-order chi connectivity index (χ1) is 12.3. The molecule has 152 valence electrons. The van der Waals surface area contributed by atoms with E-state index in [0.717, 1.165) is 23.8 Å². The number of likely N-dealkylation sites (tertiary alicyclic amines) is 3. The standard InChI is InChI=1S/C23H45N3/c1-19(2)25-14-10-22(11-15-25)21-8-12-24(13-9-21)18-20-6-16-26(17-7-20)23(3,4)5/h19-22H,6-18H2,1-5H3. The molecule has 3 heterocycles. The molecule has 3 fully saturated rings. The van der Waals surface area contributed by atoms with Gasteiger partial charge in [-0.2, -0.15) is 0 Å². The van der Waals surface area contributed by atoms with E-state index in [9.17, 15) is 0 Å². The fourth-order valence-corrected chi connectivity index (χ4v) is 5.67. The predicted octanol–water partition coefficient (Wildman–Crippen LogP) is 4.33. The molecule has 3 aliphatic rings. The average molecular weight is 364 g/mol. The van der Waals surface area contributed by atoms with Gasteiger partial charge in [-0.15, -0.1) is 0 Å². The van der Waals surface area contributed by atoms with Crippen molar-refractivity contribution in [2.45, 2.75) is 84.7 Å². The maximum absolute atomic E-state index is 2.80. The van der Waals surface area contributed by atoms with Crippen LogP contribution in [0.2, 0.25) is 0 Å². The van der Waals surface area contributed by atoms with Crippen LogP contribution in [0.1, 0.15) is 73.1 Å². The molecule has 0 bridgehead atoms. The molecular weight excluding hydrogens is 318 g/mol. The molecule has 26 heavy (non-hydrogen) atoms. The Kier molecular flexibility index (Phi) is 7.07. The van der Waals surface area contributed by atoms with Crippen LogP contribution in [0, 0.1) is 17.8 Å². The predicted molar refractivity (Wildman–Crippen MR) is 113 cm³/mol. The lowest BCUT2D eigenvalue weighted by Gasteiger charge is -2.44. The van der Waals surface area contributed by atoms with E-state index in [-0.39, 0.29) is 0 Å². The molecule has 0 N–H and O–H groups in total. The van der Waals surface area contributed by atoms with Crippen LogP contribution in [0.5, 0.6) is 0 Å². The van der Waals surface area contributed by atoms with Crippen LogP contribution < -0.4 is 0 Å². The fourth-order valence-electron chi connectivity index (χ4n) is 5.67. The number of hydrogen-bond donors (Lipinski definition) is 0. The van der Waals surface area contributed by atoms with Crippen LogP contribution in [0.15, 0.2) is 0 Å². The van der Waals surface area contributed by atoms with E-state index < -0.39 is 0 Å². The van der Waals surface area contributed by atoms with Gasteiger partial charge in [0, 0.05) is 18.1 Å². The van der Waals surface area contributed by atoms with Crippen molar-refractivity contribution in [2.24, 2.45) is 17.8 Å². The highest BCUT2D eigenvalue weighted by Gasteiger charge is 2.32. The largest absolute Gasteiger partial charge is 0.303 e. The van der Waals surface area contributed by atoms with Crippen molar-refractivity contribution >= 4 is 0 Å². The quantitative estimate of drug-likeness (QED) is 0.736. The molecule has 0 aromatic heterocycles. The molecule has 0 amide bonds. The zero-order valence-corrected chi connectivity index (χ0v) is 18.3. The van der Waals surface area contributed by atoms with Crippen molar-refractivity contribution in [3.63, 3.8) is 0 Å². The Morgan fingerprint density at radius 3 is 1.69 bits per heavy atom. The molecule has 0 spiro atoms. The minimum absolute atomic E-state index is 0.356. The van der Waals surface area contributed by atoms with Gasteiger partial charge in [0.25, 0.3) is 0 Å². The number of piperidine rings is 3. The molecule has 3 heteroatoms. The van der Waals surface area contributed by atoms with Gasteiger partial charge in [0.05, 0.1) is 0 Å². The summed E-state index contributed by atoms with van der Waals surface area (Å²) in [5.74, 6) is 2.98. The lowest BCUT2D eigenvalue weighted by atomic mass is 9.78. The number of hydrogen-bond acceptors (Lipinski definition) is 3. The van der Waals surface area contributed by atoms with Gasteiger partial charge in [-0.3, -0.25) is 4.90 Å². The third kappa shape index (κ3) is 5.45. The lowest BCUT2D eigenvalue weighted by molar-refractivity contribution is 0.0547. The third-order valence-corrected chi connectivity index (χ3v) is 7.68. The van der Waals surface area contributed by atoms with Gasteiger partial charge in [0.1, 0.15) is 0 Å². The average Bonchev–Trinajstić information content (AvgIpc) is 2.62. The maximum atomic E-state index is 2.80. The molecule has 0 saturated carbocycles. The minimum Gasteiger partial charge on any atom is -0.303 e. The van der Waals surface area contributed by atoms with Crippen molar-refractivity contribution < 1.29 is 0 Å². The van der Waals surface area contributed by atoms with Crippen LogP contribution in [-0.2, 0) is 0 Å². The van der Waals surface area contributed by atoms with Gasteiger partial charge in [-0.1, -0.05) is 0 Å². The summed E-state index contributed by atoms with van der Waals surface area (Å²) in [6, 6.07) is 0.738. The first kappa shape index (κ1) is 20.6. The maximum Gasteiger partial charge on any atom is 0.0125 e. The highest BCUT2D eigenvalue weighted by Crippen LogP contribution is 2.33. The number of rotatable bonds is 4. The Balaban J connectivity index is 1.35. The molecule has 0 aromatic rings. The van der Waals surface area contributed by atoms with Gasteiger partial charge in [0.2, 0.25) is 0 Å². The van der Waals surface area contributed by atoms with Crippen molar-refractivity contribution in [1.82, 2.24) is 14.7 Å². The van der Waals surface area contributed by atoms with Crippen molar-refractivity contribution in [1.29, 1.82) is 0 Å². The summed E-state index contributed by atoms with van der Waals surface area (Å²) in [7, 11) is 0. The summed E-state index contributed by atoms with van der Waals surface area (Å²) in [4.78, 5) is 8.16. The summed E-state index contributed by atoms with van der Waals surface area (Å²) in [5, 5.41) is 0. The van der Waals surface area contributed by atoms with E-state index in [1.165, 1.54) is 84.3 Å². The van der Waals surface area contributed by atoms with Crippen molar-refractivity contribution in [3.8, 4) is 0 Å². The summed E-state index contributed by atoms with van der Waals surface area (Å²) in [6.07, 6.45) is 8.65. The number of nitrogens with zero attached hydrogens (tertiary/aromatic N) is 3. The van der Waals surface area contributed by atoms with Crippen LogP contribution in [0.25, 0.3) is 0 Å². The minimum atomic E-state index is 0.356. The zero-order valence-electron chi connectivity index (χ0n) is 18.3. The van der Waals surface area contributed by atoms with Crippen molar-refractivity contribution in [3.05, 3.63) is 0 Å². The Morgan fingerprint density at radius 1 is 0.731 bits per heavy atom. The van der Waals surface area contributed by atoms with Crippen molar-refractivity contribution in [2.75, 3.05) is 45.8 Å². The van der Waals surface area contributed by atoms with Crippen LogP contribution >= 0.6 is 0 Å². The van der Waals surface area contributed by atoms with Gasteiger partial charge in [0.15, 0.2) is 0 Å². The molecule has 0 unspecified atom stereocenters. The lowest BCUT2D eigenvalue weighted by Crippen LogP contribution is -2.48. The molecule has 3 aliphatic heterocycles. The van der Waals surface area contributed by atoms with E-state index in [1.807, 2.05) is 0 Å². The summed E-state index contributed by atoms with van der Waals surface area (Å²) < 4.78 is 0. The van der Waals surface area contributed by atoms with E-state index >= 15 is 0 Å². The first-order valence-corrected chi connectivity index (χ1v) is 11.5. The molecule has 0 radical (unpaired) electrons. The highest BCUT2D eigenvalue weighted by atomic mass is 15.2. The van der Waals surface area contributed by atoms with E-state index in [1.54, 1.807) is 0 Å². The molecule has 3 saturated heterocycles. The monoisotopic (exact) mass is 363 g/mol.